The van der Waals surface area contributed by atoms with E-state index in [0.29, 0.717) is 0 Å². The van der Waals surface area contributed by atoms with Gasteiger partial charge in [0.15, 0.2) is 0 Å². The van der Waals surface area contributed by atoms with Crippen LogP contribution in [0.3, 0.4) is 0 Å². The quantitative estimate of drug-likeness (QED) is 0.424. The molecule has 0 atom stereocenters. The third-order valence-electron chi connectivity index (χ3n) is 3.21. The maximum atomic E-state index is 9.75. The van der Waals surface area contributed by atoms with Gasteiger partial charge in [-0.15, -0.1) is 0 Å². The van der Waals surface area contributed by atoms with Crippen molar-refractivity contribution >= 4 is 25.9 Å². The minimum Gasteiger partial charge on any atom is -0.418 e. The molecule has 1 aromatic rings. The largest absolute Gasteiger partial charge is 2.00 e. The van der Waals surface area contributed by atoms with E-state index < -0.39 is 14.5 Å². The first kappa shape index (κ1) is 30.7. The van der Waals surface area contributed by atoms with Crippen molar-refractivity contribution in [3.05, 3.63) is 29.6 Å². The first-order chi connectivity index (χ1) is 13.3. The molecule has 0 saturated carbocycles. The van der Waals surface area contributed by atoms with Crippen molar-refractivity contribution in [1.29, 1.82) is 0 Å². The van der Waals surface area contributed by atoms with Gasteiger partial charge in [0.05, 0.1) is 22.8 Å². The van der Waals surface area contributed by atoms with Crippen molar-refractivity contribution in [3.8, 4) is 0 Å². The molecule has 0 amide bonds. The molecule has 30 heavy (non-hydrogen) atoms. The van der Waals surface area contributed by atoms with Gasteiger partial charge < -0.3 is 39.8 Å². The molecule has 0 fully saturated rings. The van der Waals surface area contributed by atoms with Gasteiger partial charge in [0.25, 0.3) is 0 Å². The molecular formula is C15H22B2F8N4Ni. The van der Waals surface area contributed by atoms with Crippen LogP contribution in [0.5, 0.6) is 0 Å². The Morgan fingerprint density at radius 3 is 1.40 bits per heavy atom. The second-order valence-electron chi connectivity index (χ2n) is 5.79. The number of nitrogens with zero attached hydrogens (tertiary/aromatic N) is 3. The molecule has 0 unspecified atom stereocenters. The minimum atomic E-state index is -6.00. The summed E-state index contributed by atoms with van der Waals surface area (Å²) in [6.07, 6.45) is 2.14. The Morgan fingerprint density at radius 1 is 0.733 bits per heavy atom. The molecule has 1 N–H and O–H groups in total. The van der Waals surface area contributed by atoms with E-state index in [1.165, 1.54) is 0 Å². The predicted octanol–water partition coefficient (Wildman–Crippen LogP) is 4.68. The van der Waals surface area contributed by atoms with Crippen LogP contribution in [0.2, 0.25) is 0 Å². The number of aromatic nitrogens is 1. The Morgan fingerprint density at radius 2 is 1.07 bits per heavy atom. The summed E-state index contributed by atoms with van der Waals surface area (Å²) in [5, 5.41) is 3.42. The number of aliphatic imine (C=N–C) groups is 2. The fourth-order valence-corrected chi connectivity index (χ4v) is 2.03. The number of nitrogens with one attached hydrogen (secondary N) is 1. The maximum absolute atomic E-state index is 9.75. The van der Waals surface area contributed by atoms with Gasteiger partial charge in [-0.05, 0) is 51.9 Å². The first-order valence-electron chi connectivity index (χ1n) is 8.72. The molecule has 0 aliphatic carbocycles. The zero-order valence-electron chi connectivity index (χ0n) is 16.3. The van der Waals surface area contributed by atoms with Gasteiger partial charge >= 0.3 is 31.0 Å². The van der Waals surface area contributed by atoms with Gasteiger partial charge in [-0.3, -0.25) is 9.98 Å². The first-order valence-corrected chi connectivity index (χ1v) is 8.72. The van der Waals surface area contributed by atoms with E-state index in [2.05, 4.69) is 20.3 Å². The van der Waals surface area contributed by atoms with Crippen molar-refractivity contribution in [2.24, 2.45) is 9.98 Å². The molecule has 0 radical (unpaired) electrons. The maximum Gasteiger partial charge on any atom is 2.00 e. The molecule has 1 aromatic heterocycles. The van der Waals surface area contributed by atoms with Crippen LogP contribution in [-0.2, 0) is 16.5 Å². The summed E-state index contributed by atoms with van der Waals surface area (Å²) < 4.78 is 78.0. The van der Waals surface area contributed by atoms with E-state index in [9.17, 15) is 34.5 Å². The van der Waals surface area contributed by atoms with Crippen LogP contribution < -0.4 is 5.32 Å². The van der Waals surface area contributed by atoms with Crippen molar-refractivity contribution in [1.82, 2.24) is 10.3 Å². The number of halogens is 8. The fraction of sp³-hybridized carbons (Fsp3) is 0.533. The van der Waals surface area contributed by atoms with E-state index in [1.807, 2.05) is 32.0 Å². The van der Waals surface area contributed by atoms with Crippen LogP contribution in [0.25, 0.3) is 0 Å². The summed E-state index contributed by atoms with van der Waals surface area (Å²) in [7, 11) is -12.0. The van der Waals surface area contributed by atoms with E-state index in [4.69, 9.17) is 0 Å². The van der Waals surface area contributed by atoms with Crippen LogP contribution in [0, 0.1) is 0 Å². The molecule has 1 aliphatic heterocycles. The van der Waals surface area contributed by atoms with Crippen LogP contribution in [0.1, 0.15) is 38.1 Å². The molecule has 174 valence electrons. The Balaban J connectivity index is 0. The SMILES string of the molecule is CC1=NCCCNCCCN=C(C)c2cccc1n2.F[B-](F)(F)F.F[B-](F)(F)F.[Ni+2]. The topological polar surface area (TPSA) is 49.6 Å². The van der Waals surface area contributed by atoms with Crippen LogP contribution in [0.4, 0.5) is 34.5 Å². The Bertz CT molecular complexity index is 606. The summed E-state index contributed by atoms with van der Waals surface area (Å²) in [4.78, 5) is 13.8. The van der Waals surface area contributed by atoms with Gasteiger partial charge in [0, 0.05) is 13.1 Å². The number of hydrogen-bond donors (Lipinski definition) is 1. The molecule has 0 aromatic carbocycles. The average Bonchev–Trinajstić information content (AvgIpc) is 2.56. The standard InChI is InChI=1S/C15H22N4.2BF4.Ni/c1-12-14-6-3-7-15(19-14)13(2)18-11-5-9-16-8-4-10-17-12;2*2-1(3,4)5;/h3,6-7,16H,4-5,8-11H2,1-2H3;;;/q;2*-1;+2. The third-order valence-corrected chi connectivity index (χ3v) is 3.21. The van der Waals surface area contributed by atoms with Crippen LogP contribution in [0.15, 0.2) is 28.2 Å². The van der Waals surface area contributed by atoms with Crippen molar-refractivity contribution in [2.75, 3.05) is 26.2 Å². The van der Waals surface area contributed by atoms with Crippen LogP contribution in [-0.4, -0.2) is 57.1 Å². The van der Waals surface area contributed by atoms with Crippen molar-refractivity contribution in [3.63, 3.8) is 0 Å². The van der Waals surface area contributed by atoms with Crippen molar-refractivity contribution < 1.29 is 51.0 Å². The molecule has 0 saturated heterocycles. The Kier molecular flexibility index (Phi) is 15.7. The number of hydrogen-bond acceptors (Lipinski definition) is 4. The van der Waals surface area contributed by atoms with E-state index >= 15 is 0 Å². The molecule has 2 heterocycles. The molecule has 1 aliphatic rings. The molecule has 2 rings (SSSR count). The van der Waals surface area contributed by atoms with Gasteiger partial charge in [-0.2, -0.15) is 0 Å². The van der Waals surface area contributed by atoms with E-state index in [0.717, 1.165) is 61.8 Å². The average molecular weight is 491 g/mol. The Hall–Kier alpha value is -1.49. The molecular weight excluding hydrogens is 468 g/mol. The van der Waals surface area contributed by atoms with Gasteiger partial charge in [0.1, 0.15) is 0 Å². The summed E-state index contributed by atoms with van der Waals surface area (Å²) in [6, 6.07) is 6.06. The zero-order valence-corrected chi connectivity index (χ0v) is 17.3. The molecule has 2 bridgehead atoms. The van der Waals surface area contributed by atoms with Gasteiger partial charge in [0.2, 0.25) is 0 Å². The summed E-state index contributed by atoms with van der Waals surface area (Å²) >= 11 is 0. The van der Waals surface area contributed by atoms with Gasteiger partial charge in [-0.25, -0.2) is 4.98 Å². The summed E-state index contributed by atoms with van der Waals surface area (Å²) in [5.41, 5.74) is 3.92. The minimum absolute atomic E-state index is 0. The zero-order chi connectivity index (χ0) is 22.5. The second kappa shape index (κ2) is 15.3. The predicted molar refractivity (Wildman–Crippen MR) is 101 cm³/mol. The fourth-order valence-electron chi connectivity index (χ4n) is 2.03. The monoisotopic (exact) mass is 490 g/mol. The van der Waals surface area contributed by atoms with Gasteiger partial charge in [-0.1, -0.05) is 6.07 Å². The molecule has 0 spiro atoms. The normalized spacial score (nSPS) is 15.5. The number of rotatable bonds is 0. The van der Waals surface area contributed by atoms with Crippen molar-refractivity contribution in [2.45, 2.75) is 26.7 Å². The second-order valence-corrected chi connectivity index (χ2v) is 5.79. The molecule has 15 heteroatoms. The van der Waals surface area contributed by atoms with Crippen LogP contribution >= 0.6 is 0 Å². The molecule has 4 nitrogen and oxygen atoms in total. The number of pyridine rings is 1. The smallest absolute Gasteiger partial charge is 0.418 e. The van der Waals surface area contributed by atoms with E-state index in [-0.39, 0.29) is 16.5 Å². The van der Waals surface area contributed by atoms with E-state index in [1.54, 1.807) is 0 Å². The number of fused-ring (bicyclic) bond motifs is 2. The third kappa shape index (κ3) is 21.2. The summed E-state index contributed by atoms with van der Waals surface area (Å²) in [5.74, 6) is 0. The Labute approximate surface area is 180 Å². The summed E-state index contributed by atoms with van der Waals surface area (Å²) in [6.45, 7) is 7.81.